The molecular weight excluding hydrogens is 350 g/mol. The van der Waals surface area contributed by atoms with Crippen LogP contribution in [0.15, 0.2) is 54.9 Å². The number of aromatic hydroxyl groups is 1. The number of methoxy groups -OCH3 is 1. The summed E-state index contributed by atoms with van der Waals surface area (Å²) in [6.45, 7) is 0. The maximum Gasteiger partial charge on any atom is 0.235 e. The normalized spacial score (nSPS) is 16.5. The number of rotatable bonds is 3. The lowest BCUT2D eigenvalue weighted by atomic mass is 10.1. The number of nitrogens with zero attached hydrogens (tertiary/aromatic N) is 2. The Labute approximate surface area is 154 Å². The van der Waals surface area contributed by atoms with Crippen LogP contribution in [0.4, 0.5) is 5.82 Å². The third kappa shape index (κ3) is 3.01. The summed E-state index contributed by atoms with van der Waals surface area (Å²) in [4.78, 5) is 16.5. The van der Waals surface area contributed by atoms with Gasteiger partial charge in [0.2, 0.25) is 5.91 Å². The summed E-state index contributed by atoms with van der Waals surface area (Å²) in [6.07, 6.45) is 1.71. The van der Waals surface area contributed by atoms with Crippen molar-refractivity contribution in [1.82, 2.24) is 9.55 Å². The van der Waals surface area contributed by atoms with Crippen LogP contribution in [-0.4, -0.2) is 33.4 Å². The molecule has 0 fully saturated rings. The van der Waals surface area contributed by atoms with Crippen molar-refractivity contribution in [1.29, 1.82) is 0 Å². The van der Waals surface area contributed by atoms with Gasteiger partial charge in [0.15, 0.2) is 5.82 Å². The van der Waals surface area contributed by atoms with E-state index >= 15 is 0 Å². The van der Waals surface area contributed by atoms with Crippen molar-refractivity contribution >= 4 is 23.5 Å². The number of ether oxygens (including phenoxy) is 1. The first-order valence-corrected chi connectivity index (χ1v) is 9.12. The molecule has 26 heavy (non-hydrogen) atoms. The molecule has 0 unspecified atom stereocenters. The number of imidazole rings is 1. The van der Waals surface area contributed by atoms with Crippen LogP contribution in [0.3, 0.4) is 0 Å². The van der Waals surface area contributed by atoms with Gasteiger partial charge in [-0.2, -0.15) is 0 Å². The molecule has 0 aliphatic carbocycles. The van der Waals surface area contributed by atoms with Crippen LogP contribution in [0.1, 0.15) is 16.5 Å². The number of anilines is 1. The van der Waals surface area contributed by atoms with Crippen molar-refractivity contribution in [3.05, 3.63) is 66.1 Å². The first kappa shape index (κ1) is 16.5. The zero-order chi connectivity index (χ0) is 18.1. The molecular formula is C19H17N3O3S. The standard InChI is InChI=1S/C19H17N3O3S/c1-25-15-8-4-13(5-9-15)22-11-20-19-17(22)18(26-10-16(24)21-19)12-2-6-14(23)7-3-12/h2-9,11,18,23H,10H2,1H3,(H,21,24)/t18-/m0/s1. The number of fused-ring (bicyclic) bond motifs is 1. The zero-order valence-corrected chi connectivity index (χ0v) is 14.9. The van der Waals surface area contributed by atoms with E-state index in [0.29, 0.717) is 11.6 Å². The molecule has 1 aliphatic heterocycles. The monoisotopic (exact) mass is 367 g/mol. The van der Waals surface area contributed by atoms with Crippen LogP contribution in [0.25, 0.3) is 5.69 Å². The van der Waals surface area contributed by atoms with Crippen LogP contribution in [0.5, 0.6) is 11.5 Å². The SMILES string of the molecule is COc1ccc(-n2cnc3c2[C@H](c2ccc(O)cc2)SCC(=O)N3)cc1. The van der Waals surface area contributed by atoms with E-state index in [1.165, 1.54) is 11.8 Å². The highest BCUT2D eigenvalue weighted by Crippen LogP contribution is 2.42. The van der Waals surface area contributed by atoms with Crippen molar-refractivity contribution in [3.8, 4) is 17.2 Å². The Morgan fingerprint density at radius 2 is 1.92 bits per heavy atom. The maximum atomic E-state index is 12.1. The molecule has 0 saturated carbocycles. The van der Waals surface area contributed by atoms with E-state index in [1.807, 2.05) is 41.0 Å². The van der Waals surface area contributed by atoms with Crippen LogP contribution in [0.2, 0.25) is 0 Å². The minimum atomic E-state index is -0.0887. The lowest BCUT2D eigenvalue weighted by Gasteiger charge is -2.18. The van der Waals surface area contributed by atoms with Gasteiger partial charge in [0.05, 0.1) is 23.8 Å². The highest BCUT2D eigenvalue weighted by Gasteiger charge is 2.29. The second kappa shape index (κ2) is 6.76. The molecule has 7 heteroatoms. The highest BCUT2D eigenvalue weighted by molar-refractivity contribution is 8.00. The van der Waals surface area contributed by atoms with E-state index in [-0.39, 0.29) is 16.9 Å². The summed E-state index contributed by atoms with van der Waals surface area (Å²) < 4.78 is 7.20. The number of thioether (sulfide) groups is 1. The molecule has 0 spiro atoms. The Hall–Kier alpha value is -2.93. The Bertz CT molecular complexity index is 936. The van der Waals surface area contributed by atoms with E-state index < -0.39 is 0 Å². The summed E-state index contributed by atoms with van der Waals surface area (Å²) in [5.74, 6) is 1.82. The highest BCUT2D eigenvalue weighted by atomic mass is 32.2. The molecule has 1 atom stereocenters. The van der Waals surface area contributed by atoms with Gasteiger partial charge in [0.25, 0.3) is 0 Å². The third-order valence-electron chi connectivity index (χ3n) is 4.24. The number of phenols is 1. The van der Waals surface area contributed by atoms with Crippen LogP contribution >= 0.6 is 11.8 Å². The number of aromatic nitrogens is 2. The van der Waals surface area contributed by atoms with Crippen LogP contribution in [0, 0.1) is 0 Å². The van der Waals surface area contributed by atoms with Gasteiger partial charge in [-0.15, -0.1) is 11.8 Å². The van der Waals surface area contributed by atoms with Gasteiger partial charge >= 0.3 is 0 Å². The minimum Gasteiger partial charge on any atom is -0.508 e. The molecule has 6 nitrogen and oxygen atoms in total. The number of nitrogens with one attached hydrogen (secondary N) is 1. The molecule has 0 saturated heterocycles. The van der Waals surface area contributed by atoms with E-state index in [1.54, 1.807) is 25.6 Å². The number of amides is 1. The molecule has 0 bridgehead atoms. The molecule has 132 valence electrons. The third-order valence-corrected chi connectivity index (χ3v) is 5.50. The van der Waals surface area contributed by atoms with Gasteiger partial charge in [-0.1, -0.05) is 12.1 Å². The van der Waals surface area contributed by atoms with Gasteiger partial charge in [-0.3, -0.25) is 9.36 Å². The Morgan fingerprint density at radius 3 is 2.62 bits per heavy atom. The minimum absolute atomic E-state index is 0.0718. The fourth-order valence-electron chi connectivity index (χ4n) is 2.96. The molecule has 1 amide bonds. The predicted molar refractivity (Wildman–Crippen MR) is 101 cm³/mol. The second-order valence-corrected chi connectivity index (χ2v) is 6.97. The average Bonchev–Trinajstić information content (AvgIpc) is 2.99. The van der Waals surface area contributed by atoms with Gasteiger partial charge < -0.3 is 15.2 Å². The zero-order valence-electron chi connectivity index (χ0n) is 14.0. The van der Waals surface area contributed by atoms with Crippen molar-refractivity contribution in [2.24, 2.45) is 0 Å². The van der Waals surface area contributed by atoms with Crippen molar-refractivity contribution in [2.75, 3.05) is 18.2 Å². The number of hydrogen-bond donors (Lipinski definition) is 2. The maximum absolute atomic E-state index is 12.1. The molecule has 0 radical (unpaired) electrons. The van der Waals surface area contributed by atoms with E-state index in [0.717, 1.165) is 22.7 Å². The van der Waals surface area contributed by atoms with Crippen LogP contribution < -0.4 is 10.1 Å². The molecule has 1 aliphatic rings. The summed E-state index contributed by atoms with van der Waals surface area (Å²) in [6, 6.07) is 14.7. The first-order chi connectivity index (χ1) is 12.7. The fourth-order valence-corrected chi connectivity index (χ4v) is 4.09. The number of hydrogen-bond acceptors (Lipinski definition) is 5. The lowest BCUT2D eigenvalue weighted by molar-refractivity contribution is -0.113. The number of carbonyl (C=O) groups is 1. The van der Waals surface area contributed by atoms with E-state index in [4.69, 9.17) is 4.74 Å². The Balaban J connectivity index is 1.83. The lowest BCUT2D eigenvalue weighted by Crippen LogP contribution is -2.12. The summed E-state index contributed by atoms with van der Waals surface area (Å²) >= 11 is 1.54. The predicted octanol–water partition coefficient (Wildman–Crippen LogP) is 3.36. The first-order valence-electron chi connectivity index (χ1n) is 8.08. The molecule has 1 aromatic heterocycles. The molecule has 2 heterocycles. The van der Waals surface area contributed by atoms with Crippen molar-refractivity contribution in [2.45, 2.75) is 5.25 Å². The van der Waals surface area contributed by atoms with Crippen molar-refractivity contribution < 1.29 is 14.6 Å². The topological polar surface area (TPSA) is 76.4 Å². The Kier molecular flexibility index (Phi) is 4.30. The molecule has 3 aromatic rings. The van der Waals surface area contributed by atoms with Crippen LogP contribution in [-0.2, 0) is 4.79 Å². The number of benzene rings is 2. The summed E-state index contributed by atoms with van der Waals surface area (Å²) in [5.41, 5.74) is 2.83. The Morgan fingerprint density at radius 1 is 1.19 bits per heavy atom. The number of phenolic OH excluding ortho intramolecular Hbond substituents is 1. The van der Waals surface area contributed by atoms with Crippen molar-refractivity contribution in [3.63, 3.8) is 0 Å². The fraction of sp³-hybridized carbons (Fsp3) is 0.158. The molecule has 2 aromatic carbocycles. The van der Waals surface area contributed by atoms with Gasteiger partial charge in [0, 0.05) is 5.69 Å². The smallest absolute Gasteiger partial charge is 0.235 e. The molecule has 4 rings (SSSR count). The molecule has 2 N–H and O–H groups in total. The number of carbonyl (C=O) groups excluding carboxylic acids is 1. The van der Waals surface area contributed by atoms with Gasteiger partial charge in [-0.25, -0.2) is 4.98 Å². The van der Waals surface area contributed by atoms with Gasteiger partial charge in [0.1, 0.15) is 17.8 Å². The quantitative estimate of drug-likeness (QED) is 0.742. The average molecular weight is 367 g/mol. The van der Waals surface area contributed by atoms with E-state index in [2.05, 4.69) is 10.3 Å². The van der Waals surface area contributed by atoms with E-state index in [9.17, 15) is 9.90 Å². The van der Waals surface area contributed by atoms with Gasteiger partial charge in [-0.05, 0) is 42.0 Å². The second-order valence-electron chi connectivity index (χ2n) is 5.88. The largest absolute Gasteiger partial charge is 0.508 e. The summed E-state index contributed by atoms with van der Waals surface area (Å²) in [7, 11) is 1.63. The summed E-state index contributed by atoms with van der Waals surface area (Å²) in [5, 5.41) is 12.4.